The van der Waals surface area contributed by atoms with Crippen LogP contribution >= 0.6 is 11.8 Å². The number of fused-ring (bicyclic) bond motifs is 1. The summed E-state index contributed by atoms with van der Waals surface area (Å²) in [5.74, 6) is 2.53. The number of hydrogen-bond acceptors (Lipinski definition) is 8. The second-order valence-electron chi connectivity index (χ2n) is 12.0. The topological polar surface area (TPSA) is 128 Å². The van der Waals surface area contributed by atoms with Crippen molar-refractivity contribution in [3.8, 4) is 28.6 Å². The Morgan fingerprint density at radius 3 is 2.58 bits per heavy atom. The number of carbonyl (C=O) groups excluding carboxylic acids is 1. The number of nitrogens with one attached hydrogen (secondary N) is 2. The molecule has 0 bridgehead atoms. The molecule has 0 spiro atoms. The van der Waals surface area contributed by atoms with Crippen LogP contribution < -0.4 is 20.1 Å². The summed E-state index contributed by atoms with van der Waals surface area (Å²) >= 11 is 1.59. The zero-order chi connectivity index (χ0) is 33.7. The Bertz CT molecular complexity index is 2050. The summed E-state index contributed by atoms with van der Waals surface area (Å²) in [5, 5.41) is 28.7. The van der Waals surface area contributed by atoms with Gasteiger partial charge in [0.25, 0.3) is 0 Å². The van der Waals surface area contributed by atoms with Crippen molar-refractivity contribution in [3.05, 3.63) is 108 Å². The van der Waals surface area contributed by atoms with Crippen LogP contribution in [-0.4, -0.2) is 55.8 Å². The number of amides is 2. The number of aliphatic hydroxyl groups is 1. The molecule has 246 valence electrons. The zero-order valence-electron chi connectivity index (χ0n) is 27.2. The first-order valence-corrected chi connectivity index (χ1v) is 16.3. The average Bonchev–Trinajstić information content (AvgIpc) is 3.71. The first-order valence-electron chi connectivity index (χ1n) is 15.5. The number of anilines is 1. The number of pyridine rings is 1. The van der Waals surface area contributed by atoms with E-state index < -0.39 is 0 Å². The second kappa shape index (κ2) is 14.2. The molecule has 11 nitrogen and oxygen atoms in total. The van der Waals surface area contributed by atoms with E-state index in [4.69, 9.17) is 19.7 Å². The molecule has 6 aromatic rings. The fraction of sp³-hybridized carbons (Fsp3) is 0.222. The van der Waals surface area contributed by atoms with Crippen LogP contribution in [0.1, 0.15) is 32.0 Å². The first-order chi connectivity index (χ1) is 23.2. The largest absolute Gasteiger partial charge is 0.496 e. The third-order valence-corrected chi connectivity index (χ3v) is 8.60. The highest BCUT2D eigenvalue weighted by Crippen LogP contribution is 2.33. The number of carbonyl (C=O) groups is 1. The molecule has 2 amide bonds. The predicted molar refractivity (Wildman–Crippen MR) is 186 cm³/mol. The van der Waals surface area contributed by atoms with Gasteiger partial charge in [-0.3, -0.25) is 9.72 Å². The number of hydrogen-bond donors (Lipinski definition) is 3. The van der Waals surface area contributed by atoms with Gasteiger partial charge in [-0.05, 0) is 48.0 Å². The number of nitrogens with zero attached hydrogens (tertiary/aromatic N) is 5. The molecule has 0 aliphatic rings. The van der Waals surface area contributed by atoms with Crippen molar-refractivity contribution in [3.63, 3.8) is 0 Å². The maximum Gasteiger partial charge on any atom is 0.320 e. The summed E-state index contributed by atoms with van der Waals surface area (Å²) < 4.78 is 14.8. The van der Waals surface area contributed by atoms with Crippen molar-refractivity contribution in [2.45, 2.75) is 42.5 Å². The lowest BCUT2D eigenvalue weighted by Gasteiger charge is -2.14. The van der Waals surface area contributed by atoms with Crippen LogP contribution in [0.5, 0.6) is 11.5 Å². The van der Waals surface area contributed by atoms with Crippen LogP contribution in [0.25, 0.3) is 22.7 Å². The lowest BCUT2D eigenvalue weighted by Crippen LogP contribution is -2.29. The van der Waals surface area contributed by atoms with Crippen LogP contribution in [-0.2, 0) is 12.0 Å². The average molecular weight is 664 g/mol. The Morgan fingerprint density at radius 2 is 1.77 bits per heavy atom. The van der Waals surface area contributed by atoms with E-state index in [1.165, 1.54) is 0 Å². The molecule has 0 aliphatic carbocycles. The highest BCUT2D eigenvalue weighted by atomic mass is 32.2. The van der Waals surface area contributed by atoms with Gasteiger partial charge < -0.3 is 19.9 Å². The van der Waals surface area contributed by atoms with Crippen LogP contribution in [0.2, 0.25) is 0 Å². The van der Waals surface area contributed by atoms with Gasteiger partial charge in [0.15, 0.2) is 11.5 Å². The number of para-hydroxylation sites is 1. The van der Waals surface area contributed by atoms with Gasteiger partial charge in [0.05, 0.1) is 30.7 Å². The molecule has 3 aromatic heterocycles. The number of aromatic nitrogens is 5. The molecule has 3 heterocycles. The lowest BCUT2D eigenvalue weighted by atomic mass is 9.92. The molecule has 3 N–H and O–H groups in total. The maximum absolute atomic E-state index is 13.3. The van der Waals surface area contributed by atoms with E-state index in [9.17, 15) is 4.79 Å². The van der Waals surface area contributed by atoms with E-state index in [2.05, 4.69) is 41.6 Å². The van der Waals surface area contributed by atoms with Crippen LogP contribution in [0.4, 0.5) is 10.6 Å². The van der Waals surface area contributed by atoms with Gasteiger partial charge in [0, 0.05) is 40.1 Å². The van der Waals surface area contributed by atoms with Gasteiger partial charge in [-0.1, -0.05) is 68.9 Å². The number of benzene rings is 3. The van der Waals surface area contributed by atoms with Gasteiger partial charge in [-0.25, -0.2) is 9.48 Å². The molecule has 3 aromatic carbocycles. The quantitative estimate of drug-likeness (QED) is 0.139. The van der Waals surface area contributed by atoms with Crippen molar-refractivity contribution in [1.29, 1.82) is 0 Å². The van der Waals surface area contributed by atoms with E-state index in [1.807, 2.05) is 102 Å². The minimum atomic E-state index is -0.364. The van der Waals surface area contributed by atoms with E-state index in [1.54, 1.807) is 23.6 Å². The minimum Gasteiger partial charge on any atom is -0.496 e. The SMILES string of the molecule is COc1ccccc1-c1nnc2ccc(Sc3ccccc3CNC(=O)Nc3cc(C(C)(C)C)nn3-c3cccc(OCCO)c3)cn12. The van der Waals surface area contributed by atoms with Gasteiger partial charge in [0.1, 0.15) is 23.9 Å². The molecule has 12 heteroatoms. The maximum atomic E-state index is 13.3. The van der Waals surface area contributed by atoms with Crippen molar-refractivity contribution in [2.24, 2.45) is 0 Å². The highest BCUT2D eigenvalue weighted by molar-refractivity contribution is 7.99. The third-order valence-electron chi connectivity index (χ3n) is 7.50. The second-order valence-corrected chi connectivity index (χ2v) is 13.1. The van der Waals surface area contributed by atoms with Gasteiger partial charge in [-0.15, -0.1) is 10.2 Å². The molecule has 0 unspecified atom stereocenters. The van der Waals surface area contributed by atoms with E-state index in [-0.39, 0.29) is 24.7 Å². The first kappa shape index (κ1) is 32.6. The molecule has 0 saturated heterocycles. The molecule has 0 radical (unpaired) electrons. The van der Waals surface area contributed by atoms with E-state index >= 15 is 0 Å². The Morgan fingerprint density at radius 1 is 0.958 bits per heavy atom. The van der Waals surface area contributed by atoms with Gasteiger partial charge >= 0.3 is 6.03 Å². The predicted octanol–water partition coefficient (Wildman–Crippen LogP) is 6.73. The highest BCUT2D eigenvalue weighted by Gasteiger charge is 2.22. The zero-order valence-corrected chi connectivity index (χ0v) is 28.0. The standard InChI is InChI=1S/C36H37N7O4S/c1-36(2,3)31-21-33(43(41-31)25-11-9-12-26(20-25)47-19-18-44)38-35(45)37-22-24-10-5-8-15-30(24)48-27-16-17-32-39-40-34(42(32)23-27)28-13-6-7-14-29(28)46-4/h5-17,20-21,23,44H,18-19,22H2,1-4H3,(H2,37,38,45). The van der Waals surface area contributed by atoms with E-state index in [0.29, 0.717) is 23.9 Å². The third kappa shape index (κ3) is 7.29. The number of urea groups is 1. The van der Waals surface area contributed by atoms with Crippen molar-refractivity contribution < 1.29 is 19.4 Å². The van der Waals surface area contributed by atoms with Crippen LogP contribution in [0.3, 0.4) is 0 Å². The monoisotopic (exact) mass is 663 g/mol. The van der Waals surface area contributed by atoms with Crippen molar-refractivity contribution in [2.75, 3.05) is 25.6 Å². The molecule has 48 heavy (non-hydrogen) atoms. The molecule has 0 atom stereocenters. The molecule has 0 aliphatic heterocycles. The number of ether oxygens (including phenoxy) is 2. The summed E-state index contributed by atoms with van der Waals surface area (Å²) in [5.41, 5.74) is 3.83. The van der Waals surface area contributed by atoms with Crippen molar-refractivity contribution in [1.82, 2.24) is 29.7 Å². The fourth-order valence-corrected chi connectivity index (χ4v) is 6.03. The summed E-state index contributed by atoms with van der Waals surface area (Å²) in [6, 6.07) is 28.5. The molecule has 0 saturated carbocycles. The van der Waals surface area contributed by atoms with Gasteiger partial charge in [-0.2, -0.15) is 5.10 Å². The molecule has 0 fully saturated rings. The Hall–Kier alpha value is -5.33. The normalized spacial score (nSPS) is 11.4. The minimum absolute atomic E-state index is 0.0864. The Labute approximate surface area is 282 Å². The van der Waals surface area contributed by atoms with Crippen LogP contribution in [0.15, 0.2) is 107 Å². The Balaban J connectivity index is 1.19. The summed E-state index contributed by atoms with van der Waals surface area (Å²) in [6.45, 7) is 6.61. The summed E-state index contributed by atoms with van der Waals surface area (Å²) in [6.07, 6.45) is 2.01. The lowest BCUT2D eigenvalue weighted by molar-refractivity contribution is 0.201. The molecule has 6 rings (SSSR count). The smallest absolute Gasteiger partial charge is 0.320 e. The number of rotatable bonds is 11. The van der Waals surface area contributed by atoms with Crippen molar-refractivity contribution >= 4 is 29.3 Å². The van der Waals surface area contributed by atoms with E-state index in [0.717, 1.165) is 43.7 Å². The van der Waals surface area contributed by atoms with Gasteiger partial charge in [0.2, 0.25) is 0 Å². The fourth-order valence-electron chi connectivity index (χ4n) is 5.06. The number of aliphatic hydroxyl groups excluding tert-OH is 1. The van der Waals surface area contributed by atoms with Crippen LogP contribution in [0, 0.1) is 0 Å². The molecular weight excluding hydrogens is 627 g/mol. The summed E-state index contributed by atoms with van der Waals surface area (Å²) in [4.78, 5) is 15.3. The summed E-state index contributed by atoms with van der Waals surface area (Å²) in [7, 11) is 1.64. The molecular formula is C36H37N7O4S. The Kier molecular flexibility index (Phi) is 9.65. The number of methoxy groups -OCH3 is 1.